The van der Waals surface area contributed by atoms with E-state index in [1.165, 1.54) is 4.88 Å². The number of hydrogen-bond acceptors (Lipinski definition) is 4. The monoisotopic (exact) mass is 393 g/mol. The smallest absolute Gasteiger partial charge is 0.372 e. The maximum absolute atomic E-state index is 12.2. The van der Waals surface area contributed by atoms with Crippen LogP contribution >= 0.6 is 11.3 Å². The number of piperazine rings is 1. The van der Waals surface area contributed by atoms with Gasteiger partial charge in [0.25, 0.3) is 0 Å². The first-order chi connectivity index (χ1) is 12.4. The van der Waals surface area contributed by atoms with Crippen LogP contribution < -0.4 is 5.32 Å². The Balaban J connectivity index is 1.58. The number of ether oxygens (including phenoxy) is 1. The Kier molecular flexibility index (Phi) is 8.17. The lowest BCUT2D eigenvalue weighted by Crippen LogP contribution is -2.51. The molecule has 0 aliphatic carbocycles. The van der Waals surface area contributed by atoms with Gasteiger partial charge in [-0.25, -0.2) is 4.79 Å². The molecule has 1 aliphatic rings. The van der Waals surface area contributed by atoms with E-state index >= 15 is 0 Å². The number of amides is 2. The lowest BCUT2D eigenvalue weighted by atomic mass is 10.3. The Bertz CT molecular complexity index is 558. The Morgan fingerprint density at radius 1 is 1.23 bits per heavy atom. The first-order valence-electron chi connectivity index (χ1n) is 8.84. The average Bonchev–Trinajstić information content (AvgIpc) is 3.07. The number of carbonyl (C=O) groups is 1. The number of carbonyl (C=O) groups excluding carboxylic acids is 1. The van der Waals surface area contributed by atoms with Crippen LogP contribution in [0.1, 0.15) is 23.1 Å². The summed E-state index contributed by atoms with van der Waals surface area (Å²) < 4.78 is 40.5. The number of nitrogens with zero attached hydrogens (tertiary/aromatic N) is 2. The zero-order valence-corrected chi connectivity index (χ0v) is 15.8. The molecular weight excluding hydrogens is 367 g/mol. The van der Waals surface area contributed by atoms with E-state index < -0.39 is 12.8 Å². The minimum atomic E-state index is -4.26. The van der Waals surface area contributed by atoms with E-state index in [9.17, 15) is 18.0 Å². The molecular formula is C17H26F3N3O2S. The molecule has 0 saturated carbocycles. The fourth-order valence-electron chi connectivity index (χ4n) is 2.73. The molecule has 1 aromatic rings. The van der Waals surface area contributed by atoms with Crippen molar-refractivity contribution in [3.8, 4) is 0 Å². The van der Waals surface area contributed by atoms with Crippen LogP contribution in [-0.4, -0.2) is 67.9 Å². The number of nitrogens with one attached hydrogen (secondary N) is 1. The van der Waals surface area contributed by atoms with Gasteiger partial charge in [-0.05, 0) is 25.0 Å². The van der Waals surface area contributed by atoms with Crippen molar-refractivity contribution < 1.29 is 22.7 Å². The lowest BCUT2D eigenvalue weighted by molar-refractivity contribution is -0.174. The third kappa shape index (κ3) is 7.51. The third-order valence-corrected chi connectivity index (χ3v) is 5.40. The van der Waals surface area contributed by atoms with Crippen molar-refractivity contribution in [1.82, 2.24) is 15.1 Å². The number of aryl methyl sites for hydroxylation is 1. The van der Waals surface area contributed by atoms with E-state index in [1.54, 1.807) is 16.2 Å². The van der Waals surface area contributed by atoms with Crippen molar-refractivity contribution >= 4 is 17.4 Å². The first kappa shape index (κ1) is 21.0. The zero-order valence-electron chi connectivity index (χ0n) is 15.0. The average molecular weight is 393 g/mol. The largest absolute Gasteiger partial charge is 0.411 e. The van der Waals surface area contributed by atoms with Crippen LogP contribution in [0.25, 0.3) is 0 Å². The van der Waals surface area contributed by atoms with Crippen LogP contribution in [0.3, 0.4) is 0 Å². The number of urea groups is 1. The molecule has 0 atom stereocenters. The molecule has 0 radical (unpaired) electrons. The van der Waals surface area contributed by atoms with Gasteiger partial charge in [0.2, 0.25) is 0 Å². The van der Waals surface area contributed by atoms with Crippen molar-refractivity contribution in [2.24, 2.45) is 0 Å². The fourth-order valence-corrected chi connectivity index (χ4v) is 3.63. The fraction of sp³-hybridized carbons (Fsp3) is 0.706. The predicted molar refractivity (Wildman–Crippen MR) is 95.4 cm³/mol. The SMILES string of the molecule is CCc1ccc(CNC(=O)N2CCN(CCCOCC(F)(F)F)CC2)s1. The van der Waals surface area contributed by atoms with E-state index in [-0.39, 0.29) is 12.6 Å². The predicted octanol–water partition coefficient (Wildman–Crippen LogP) is 3.11. The van der Waals surface area contributed by atoms with Crippen molar-refractivity contribution in [1.29, 1.82) is 0 Å². The van der Waals surface area contributed by atoms with Crippen molar-refractivity contribution in [2.45, 2.75) is 32.5 Å². The maximum Gasteiger partial charge on any atom is 0.411 e. The first-order valence-corrected chi connectivity index (χ1v) is 9.66. The van der Waals surface area contributed by atoms with Crippen LogP contribution in [0.5, 0.6) is 0 Å². The molecule has 0 bridgehead atoms. The summed E-state index contributed by atoms with van der Waals surface area (Å²) >= 11 is 1.71. The van der Waals surface area contributed by atoms with E-state index in [0.29, 0.717) is 32.6 Å². The molecule has 2 amide bonds. The topological polar surface area (TPSA) is 44.8 Å². The van der Waals surface area contributed by atoms with Crippen LogP contribution in [0.2, 0.25) is 0 Å². The summed E-state index contributed by atoms with van der Waals surface area (Å²) in [6.45, 7) is 4.95. The molecule has 2 heterocycles. The second kappa shape index (κ2) is 10.1. The second-order valence-corrected chi connectivity index (χ2v) is 7.48. The highest BCUT2D eigenvalue weighted by Crippen LogP contribution is 2.17. The van der Waals surface area contributed by atoms with E-state index in [2.05, 4.69) is 27.9 Å². The van der Waals surface area contributed by atoms with Gasteiger partial charge in [0.1, 0.15) is 6.61 Å². The van der Waals surface area contributed by atoms with Gasteiger partial charge >= 0.3 is 12.2 Å². The molecule has 1 aromatic heterocycles. The van der Waals surface area contributed by atoms with E-state index in [0.717, 1.165) is 24.4 Å². The summed E-state index contributed by atoms with van der Waals surface area (Å²) in [5, 5.41) is 2.95. The number of thiophene rings is 1. The normalized spacial score (nSPS) is 16.1. The highest BCUT2D eigenvalue weighted by molar-refractivity contribution is 7.11. The van der Waals surface area contributed by atoms with Gasteiger partial charge in [-0.15, -0.1) is 11.3 Å². The molecule has 9 heteroatoms. The van der Waals surface area contributed by atoms with Gasteiger partial charge in [0.05, 0.1) is 6.54 Å². The molecule has 148 valence electrons. The molecule has 2 rings (SSSR count). The van der Waals surface area contributed by atoms with Crippen molar-refractivity contribution in [2.75, 3.05) is 45.9 Å². The van der Waals surface area contributed by atoms with Gasteiger partial charge in [0, 0.05) is 49.1 Å². The van der Waals surface area contributed by atoms with Crippen LogP contribution in [-0.2, 0) is 17.7 Å². The number of hydrogen-bond donors (Lipinski definition) is 1. The molecule has 1 fully saturated rings. The minimum Gasteiger partial charge on any atom is -0.372 e. The Labute approximate surface area is 156 Å². The maximum atomic E-state index is 12.2. The highest BCUT2D eigenvalue weighted by atomic mass is 32.1. The minimum absolute atomic E-state index is 0.0652. The quantitative estimate of drug-likeness (QED) is 0.691. The summed E-state index contributed by atoms with van der Waals surface area (Å²) in [6, 6.07) is 4.07. The Morgan fingerprint density at radius 2 is 1.92 bits per heavy atom. The molecule has 0 aromatic carbocycles. The van der Waals surface area contributed by atoms with Gasteiger partial charge < -0.3 is 15.0 Å². The van der Waals surface area contributed by atoms with Gasteiger partial charge in [-0.1, -0.05) is 6.92 Å². The Hall–Kier alpha value is -1.32. The molecule has 1 aliphatic heterocycles. The van der Waals surface area contributed by atoms with Crippen LogP contribution in [0, 0.1) is 0 Å². The summed E-state index contributed by atoms with van der Waals surface area (Å²) in [6.07, 6.45) is -2.71. The molecule has 5 nitrogen and oxygen atoms in total. The van der Waals surface area contributed by atoms with Crippen LogP contribution in [0.4, 0.5) is 18.0 Å². The third-order valence-electron chi connectivity index (χ3n) is 4.17. The van der Waals surface area contributed by atoms with Gasteiger partial charge in [-0.3, -0.25) is 4.90 Å². The lowest BCUT2D eigenvalue weighted by Gasteiger charge is -2.34. The summed E-state index contributed by atoms with van der Waals surface area (Å²) in [4.78, 5) is 18.6. The zero-order chi connectivity index (χ0) is 19.0. The molecule has 26 heavy (non-hydrogen) atoms. The second-order valence-electron chi connectivity index (χ2n) is 6.23. The number of rotatable bonds is 8. The van der Waals surface area contributed by atoms with E-state index in [1.807, 2.05) is 6.07 Å². The summed E-state index contributed by atoms with van der Waals surface area (Å²) in [5.41, 5.74) is 0. The molecule has 0 spiro atoms. The number of alkyl halides is 3. The molecule has 0 unspecified atom stereocenters. The van der Waals surface area contributed by atoms with E-state index in [4.69, 9.17) is 0 Å². The van der Waals surface area contributed by atoms with Gasteiger partial charge in [-0.2, -0.15) is 13.2 Å². The summed E-state index contributed by atoms with van der Waals surface area (Å²) in [7, 11) is 0. The number of halogens is 3. The highest BCUT2D eigenvalue weighted by Gasteiger charge is 2.27. The van der Waals surface area contributed by atoms with Crippen LogP contribution in [0.15, 0.2) is 12.1 Å². The van der Waals surface area contributed by atoms with Crippen molar-refractivity contribution in [3.05, 3.63) is 21.9 Å². The molecule has 1 N–H and O–H groups in total. The van der Waals surface area contributed by atoms with Crippen molar-refractivity contribution in [3.63, 3.8) is 0 Å². The summed E-state index contributed by atoms with van der Waals surface area (Å²) in [5.74, 6) is 0. The molecule has 1 saturated heterocycles. The Morgan fingerprint density at radius 3 is 2.54 bits per heavy atom. The van der Waals surface area contributed by atoms with Gasteiger partial charge in [0.15, 0.2) is 0 Å². The standard InChI is InChI=1S/C17H26F3N3O2S/c1-2-14-4-5-15(26-14)12-21-16(24)23-9-7-22(8-10-23)6-3-11-25-13-17(18,19)20/h4-5H,2-3,6-13H2,1H3,(H,21,24).